The van der Waals surface area contributed by atoms with Crippen LogP contribution >= 0.6 is 0 Å². The molecule has 2 atom stereocenters. The van der Waals surface area contributed by atoms with Crippen LogP contribution < -0.4 is 0 Å². The van der Waals surface area contributed by atoms with Gasteiger partial charge in [0, 0.05) is 13.0 Å². The average molecular weight is 387 g/mol. The van der Waals surface area contributed by atoms with E-state index in [1.807, 2.05) is 0 Å². The van der Waals surface area contributed by atoms with E-state index >= 15 is 0 Å². The largest absolute Gasteiger partial charge is 0.358 e. The molecule has 0 aliphatic carbocycles. The standard InChI is InChI=1S/C22H20F3NO2/c1-2-13-28-22(16-8-11-18(24)19(25)14-16)21(15-6-9-17(23)10-7-15)26-12-4-3-5-20(26)27/h1,6-11,14,21-22H,3-5,12-13H2/t21-,22+/m1/s1. The van der Waals surface area contributed by atoms with Crippen LogP contribution in [0.3, 0.4) is 0 Å². The summed E-state index contributed by atoms with van der Waals surface area (Å²) in [4.78, 5) is 14.3. The van der Waals surface area contributed by atoms with Crippen molar-refractivity contribution < 1.29 is 22.7 Å². The molecular weight excluding hydrogens is 367 g/mol. The molecule has 1 saturated heterocycles. The molecule has 0 saturated carbocycles. The molecule has 0 spiro atoms. The zero-order chi connectivity index (χ0) is 20.1. The lowest BCUT2D eigenvalue weighted by Crippen LogP contribution is -2.41. The molecular formula is C22H20F3NO2. The smallest absolute Gasteiger partial charge is 0.223 e. The van der Waals surface area contributed by atoms with Crippen molar-refractivity contribution in [1.29, 1.82) is 0 Å². The average Bonchev–Trinajstić information content (AvgIpc) is 2.69. The predicted octanol–water partition coefficient (Wildman–Crippen LogP) is 4.55. The van der Waals surface area contributed by atoms with E-state index in [-0.39, 0.29) is 12.5 Å². The molecule has 1 heterocycles. The van der Waals surface area contributed by atoms with E-state index in [0.29, 0.717) is 24.1 Å². The van der Waals surface area contributed by atoms with Crippen molar-refractivity contribution in [2.24, 2.45) is 0 Å². The molecule has 1 aliphatic rings. The molecule has 1 fully saturated rings. The van der Waals surface area contributed by atoms with Crippen molar-refractivity contribution in [3.05, 3.63) is 71.0 Å². The first-order chi connectivity index (χ1) is 13.5. The minimum Gasteiger partial charge on any atom is -0.358 e. The first-order valence-electron chi connectivity index (χ1n) is 9.06. The van der Waals surface area contributed by atoms with Gasteiger partial charge in [-0.3, -0.25) is 4.79 Å². The van der Waals surface area contributed by atoms with Gasteiger partial charge in [-0.05, 0) is 48.2 Å². The van der Waals surface area contributed by atoms with E-state index in [0.717, 1.165) is 25.0 Å². The molecule has 6 heteroatoms. The summed E-state index contributed by atoms with van der Waals surface area (Å²) in [5.74, 6) is -0.116. The fraction of sp³-hybridized carbons (Fsp3) is 0.318. The van der Waals surface area contributed by atoms with E-state index in [9.17, 15) is 18.0 Å². The molecule has 0 unspecified atom stereocenters. The fourth-order valence-electron chi connectivity index (χ4n) is 3.50. The topological polar surface area (TPSA) is 29.5 Å². The number of nitrogens with zero attached hydrogens (tertiary/aromatic N) is 1. The van der Waals surface area contributed by atoms with Gasteiger partial charge in [-0.15, -0.1) is 6.42 Å². The van der Waals surface area contributed by atoms with E-state index in [4.69, 9.17) is 11.2 Å². The number of hydrogen-bond acceptors (Lipinski definition) is 2. The number of carbonyl (C=O) groups excluding carboxylic acids is 1. The molecule has 0 N–H and O–H groups in total. The van der Waals surface area contributed by atoms with Crippen LogP contribution in [0, 0.1) is 29.8 Å². The van der Waals surface area contributed by atoms with Crippen molar-refractivity contribution in [3.8, 4) is 12.3 Å². The van der Waals surface area contributed by atoms with Gasteiger partial charge in [0.15, 0.2) is 11.6 Å². The quantitative estimate of drug-likeness (QED) is 0.681. The Hall–Kier alpha value is -2.78. The molecule has 0 radical (unpaired) electrons. The molecule has 0 aromatic heterocycles. The van der Waals surface area contributed by atoms with Gasteiger partial charge in [0.05, 0.1) is 6.04 Å². The van der Waals surface area contributed by atoms with E-state index in [1.54, 1.807) is 17.0 Å². The van der Waals surface area contributed by atoms with Crippen LogP contribution in [-0.4, -0.2) is 24.0 Å². The maximum atomic E-state index is 13.9. The van der Waals surface area contributed by atoms with Crippen molar-refractivity contribution >= 4 is 5.91 Å². The normalized spacial score (nSPS) is 16.5. The number of likely N-dealkylation sites (tertiary alicyclic amines) is 1. The highest BCUT2D eigenvalue weighted by Crippen LogP contribution is 2.39. The molecule has 1 amide bonds. The van der Waals surface area contributed by atoms with Crippen LogP contribution in [0.25, 0.3) is 0 Å². The third-order valence-electron chi connectivity index (χ3n) is 4.81. The lowest BCUT2D eigenvalue weighted by Gasteiger charge is -2.39. The SMILES string of the molecule is C#CCO[C@@H](c1ccc(F)c(F)c1)[C@@H](c1ccc(F)cc1)N1CCCCC1=O. The van der Waals surface area contributed by atoms with Crippen LogP contribution in [0.5, 0.6) is 0 Å². The van der Waals surface area contributed by atoms with Crippen molar-refractivity contribution in [2.75, 3.05) is 13.2 Å². The second-order valence-corrected chi connectivity index (χ2v) is 6.65. The summed E-state index contributed by atoms with van der Waals surface area (Å²) in [6, 6.07) is 8.53. The Morgan fingerprint density at radius 1 is 1.04 bits per heavy atom. The van der Waals surface area contributed by atoms with Gasteiger partial charge in [-0.1, -0.05) is 24.1 Å². The molecule has 3 rings (SSSR count). The Balaban J connectivity index is 2.09. The van der Waals surface area contributed by atoms with Crippen LogP contribution in [0.2, 0.25) is 0 Å². The van der Waals surface area contributed by atoms with Gasteiger partial charge in [0.1, 0.15) is 18.5 Å². The van der Waals surface area contributed by atoms with E-state index in [1.165, 1.54) is 18.2 Å². The number of hydrogen-bond donors (Lipinski definition) is 0. The lowest BCUT2D eigenvalue weighted by molar-refractivity contribution is -0.140. The third kappa shape index (κ3) is 4.37. The Morgan fingerprint density at radius 2 is 1.75 bits per heavy atom. The lowest BCUT2D eigenvalue weighted by atomic mass is 9.92. The number of piperidine rings is 1. The molecule has 3 nitrogen and oxygen atoms in total. The summed E-state index contributed by atoms with van der Waals surface area (Å²) in [5.41, 5.74) is 0.977. The van der Waals surface area contributed by atoms with Crippen LogP contribution in [0.4, 0.5) is 13.2 Å². The van der Waals surface area contributed by atoms with Crippen LogP contribution in [0.15, 0.2) is 42.5 Å². The molecule has 2 aromatic rings. The molecule has 2 aromatic carbocycles. The number of halogens is 3. The first-order valence-corrected chi connectivity index (χ1v) is 9.06. The fourth-order valence-corrected chi connectivity index (χ4v) is 3.50. The van der Waals surface area contributed by atoms with Crippen LogP contribution in [-0.2, 0) is 9.53 Å². The predicted molar refractivity (Wildman–Crippen MR) is 98.6 cm³/mol. The van der Waals surface area contributed by atoms with Gasteiger partial charge < -0.3 is 9.64 Å². The number of rotatable bonds is 6. The van der Waals surface area contributed by atoms with Gasteiger partial charge >= 0.3 is 0 Å². The second-order valence-electron chi connectivity index (χ2n) is 6.65. The van der Waals surface area contributed by atoms with Gasteiger partial charge in [0.25, 0.3) is 0 Å². The summed E-state index contributed by atoms with van der Waals surface area (Å²) in [7, 11) is 0. The summed E-state index contributed by atoms with van der Waals surface area (Å²) >= 11 is 0. The van der Waals surface area contributed by atoms with Gasteiger partial charge in [-0.2, -0.15) is 0 Å². The maximum absolute atomic E-state index is 13.9. The van der Waals surface area contributed by atoms with Crippen molar-refractivity contribution in [1.82, 2.24) is 4.90 Å². The van der Waals surface area contributed by atoms with Crippen molar-refractivity contribution in [3.63, 3.8) is 0 Å². The van der Waals surface area contributed by atoms with E-state index < -0.39 is 29.6 Å². The highest BCUT2D eigenvalue weighted by molar-refractivity contribution is 5.77. The maximum Gasteiger partial charge on any atom is 0.223 e. The van der Waals surface area contributed by atoms with Gasteiger partial charge in [0.2, 0.25) is 5.91 Å². The van der Waals surface area contributed by atoms with E-state index in [2.05, 4.69) is 5.92 Å². The van der Waals surface area contributed by atoms with Crippen molar-refractivity contribution in [2.45, 2.75) is 31.4 Å². The highest BCUT2D eigenvalue weighted by Gasteiger charge is 2.35. The number of benzene rings is 2. The molecule has 1 aliphatic heterocycles. The molecule has 28 heavy (non-hydrogen) atoms. The zero-order valence-electron chi connectivity index (χ0n) is 15.2. The Kier molecular flexibility index (Phi) is 6.37. The summed E-state index contributed by atoms with van der Waals surface area (Å²) < 4.78 is 46.6. The Morgan fingerprint density at radius 3 is 2.39 bits per heavy atom. The first kappa shape index (κ1) is 20.0. The summed E-state index contributed by atoms with van der Waals surface area (Å²) in [5, 5.41) is 0. The summed E-state index contributed by atoms with van der Waals surface area (Å²) in [6.07, 6.45) is 6.48. The monoisotopic (exact) mass is 387 g/mol. The second kappa shape index (κ2) is 8.94. The third-order valence-corrected chi connectivity index (χ3v) is 4.81. The summed E-state index contributed by atoms with van der Waals surface area (Å²) in [6.45, 7) is 0.407. The van der Waals surface area contributed by atoms with Crippen LogP contribution in [0.1, 0.15) is 42.5 Å². The molecule has 146 valence electrons. The molecule has 0 bridgehead atoms. The number of carbonyl (C=O) groups is 1. The number of terminal acetylenes is 1. The van der Waals surface area contributed by atoms with Gasteiger partial charge in [-0.25, -0.2) is 13.2 Å². The minimum absolute atomic E-state index is 0.0718. The Labute approximate surface area is 162 Å². The number of amides is 1. The minimum atomic E-state index is -1.02. The highest BCUT2D eigenvalue weighted by atomic mass is 19.2. The Bertz CT molecular complexity index is 876. The zero-order valence-corrected chi connectivity index (χ0v) is 15.2. The number of ether oxygens (including phenoxy) is 1.